The van der Waals surface area contributed by atoms with Crippen molar-refractivity contribution in [3.63, 3.8) is 0 Å². The Morgan fingerprint density at radius 2 is 1.38 bits per heavy atom. The van der Waals surface area contributed by atoms with Gasteiger partial charge in [0, 0.05) is 44.5 Å². The summed E-state index contributed by atoms with van der Waals surface area (Å²) in [4.78, 5) is 7.32. The van der Waals surface area contributed by atoms with E-state index in [1.807, 2.05) is 36.4 Å². The molecular weight excluding hydrogens is 551 g/mol. The van der Waals surface area contributed by atoms with Crippen molar-refractivity contribution in [2.45, 2.75) is 11.4 Å². The highest BCUT2D eigenvalue weighted by Crippen LogP contribution is 2.32. The molecule has 9 heteroatoms. The molecule has 5 aromatic rings. The molecule has 0 bridgehead atoms. The molecule has 0 amide bonds. The van der Waals surface area contributed by atoms with E-state index in [0.29, 0.717) is 32.7 Å². The smallest absolute Gasteiger partial charge is 0.244 e. The standard InChI is InChI=1S/C30H26Cl2N4O2S/c31-25-12-7-13-27(29(25)32)39(37,38)35-18-16-34(17-19-35)21-26-30(23-10-5-2-6-11-23)33-28-15-14-24(20-36(26)28)22-8-3-1-4-9-22/h1-15,20H,16-19,21H2. The van der Waals surface area contributed by atoms with Crippen molar-refractivity contribution >= 4 is 38.9 Å². The van der Waals surface area contributed by atoms with Crippen LogP contribution in [0, 0.1) is 0 Å². The summed E-state index contributed by atoms with van der Waals surface area (Å²) in [7, 11) is -3.75. The summed E-state index contributed by atoms with van der Waals surface area (Å²) in [6.07, 6.45) is 2.14. The zero-order valence-corrected chi connectivity index (χ0v) is 23.4. The second-order valence-electron chi connectivity index (χ2n) is 9.52. The first-order valence-electron chi connectivity index (χ1n) is 12.7. The van der Waals surface area contributed by atoms with Gasteiger partial charge >= 0.3 is 0 Å². The molecule has 0 atom stereocenters. The number of aromatic nitrogens is 2. The third-order valence-corrected chi connectivity index (χ3v) is 9.98. The predicted molar refractivity (Wildman–Crippen MR) is 157 cm³/mol. The lowest BCUT2D eigenvalue weighted by Gasteiger charge is -2.34. The molecule has 3 aromatic carbocycles. The van der Waals surface area contributed by atoms with E-state index >= 15 is 0 Å². The van der Waals surface area contributed by atoms with Gasteiger partial charge < -0.3 is 4.40 Å². The average molecular weight is 578 g/mol. The molecule has 1 saturated heterocycles. The van der Waals surface area contributed by atoms with Crippen molar-refractivity contribution in [3.8, 4) is 22.4 Å². The van der Waals surface area contributed by atoms with Crippen LogP contribution >= 0.6 is 23.2 Å². The Kier molecular flexibility index (Phi) is 7.18. The summed E-state index contributed by atoms with van der Waals surface area (Å²) in [6.45, 7) is 2.51. The number of rotatable bonds is 6. The van der Waals surface area contributed by atoms with Crippen LogP contribution < -0.4 is 0 Å². The Morgan fingerprint density at radius 1 is 0.718 bits per heavy atom. The summed E-state index contributed by atoms with van der Waals surface area (Å²) in [5.41, 5.74) is 6.17. The molecular formula is C30H26Cl2N4O2S. The second kappa shape index (κ2) is 10.8. The van der Waals surface area contributed by atoms with Crippen LogP contribution in [0.4, 0.5) is 0 Å². The average Bonchev–Trinajstić information content (AvgIpc) is 3.33. The fourth-order valence-electron chi connectivity index (χ4n) is 5.04. The SMILES string of the molecule is O=S(=O)(c1cccc(Cl)c1Cl)N1CCN(Cc2c(-c3ccccc3)nc3ccc(-c4ccccc4)cn23)CC1. The van der Waals surface area contributed by atoms with Crippen LogP contribution in [0.15, 0.2) is 102 Å². The molecule has 198 valence electrons. The molecule has 2 aromatic heterocycles. The van der Waals surface area contributed by atoms with E-state index in [1.165, 1.54) is 10.4 Å². The molecule has 0 unspecified atom stereocenters. The molecule has 39 heavy (non-hydrogen) atoms. The summed E-state index contributed by atoms with van der Waals surface area (Å²) in [6, 6.07) is 29.3. The van der Waals surface area contributed by atoms with Gasteiger partial charge in [-0.3, -0.25) is 4.90 Å². The van der Waals surface area contributed by atoms with Crippen molar-refractivity contribution in [3.05, 3.63) is 113 Å². The van der Waals surface area contributed by atoms with Crippen molar-refractivity contribution in [1.82, 2.24) is 18.6 Å². The van der Waals surface area contributed by atoms with Crippen molar-refractivity contribution in [2.24, 2.45) is 0 Å². The number of hydrogen-bond acceptors (Lipinski definition) is 4. The molecule has 6 nitrogen and oxygen atoms in total. The minimum absolute atomic E-state index is 0.0479. The Morgan fingerprint density at radius 3 is 2.08 bits per heavy atom. The van der Waals surface area contributed by atoms with Gasteiger partial charge in [0.05, 0.1) is 21.4 Å². The van der Waals surface area contributed by atoms with Crippen molar-refractivity contribution in [2.75, 3.05) is 26.2 Å². The molecule has 0 spiro atoms. The summed E-state index contributed by atoms with van der Waals surface area (Å²) < 4.78 is 30.3. The highest BCUT2D eigenvalue weighted by atomic mass is 35.5. The number of halogens is 2. The zero-order chi connectivity index (χ0) is 27.0. The van der Waals surface area contributed by atoms with Gasteiger partial charge in [-0.15, -0.1) is 0 Å². The van der Waals surface area contributed by atoms with Crippen LogP contribution in [-0.4, -0.2) is 53.2 Å². The molecule has 0 aliphatic carbocycles. The molecule has 0 radical (unpaired) electrons. The molecule has 0 N–H and O–H groups in total. The minimum Gasteiger partial charge on any atom is -0.301 e. The molecule has 0 saturated carbocycles. The van der Waals surface area contributed by atoms with E-state index in [0.717, 1.165) is 33.7 Å². The fraction of sp³-hybridized carbons (Fsp3) is 0.167. The number of hydrogen-bond donors (Lipinski definition) is 0. The largest absolute Gasteiger partial charge is 0.301 e. The highest BCUT2D eigenvalue weighted by molar-refractivity contribution is 7.89. The van der Waals surface area contributed by atoms with Crippen LogP contribution in [0.5, 0.6) is 0 Å². The second-order valence-corrected chi connectivity index (χ2v) is 12.2. The van der Waals surface area contributed by atoms with Gasteiger partial charge in [-0.2, -0.15) is 4.31 Å². The molecule has 6 rings (SSSR count). The van der Waals surface area contributed by atoms with Gasteiger partial charge in [0.2, 0.25) is 10.0 Å². The Labute approximate surface area is 238 Å². The predicted octanol–water partition coefficient (Wildman–Crippen LogP) is 6.48. The van der Waals surface area contributed by atoms with Crippen molar-refractivity contribution < 1.29 is 8.42 Å². The minimum atomic E-state index is -3.75. The number of piperazine rings is 1. The van der Waals surface area contributed by atoms with E-state index in [-0.39, 0.29) is 14.9 Å². The lowest BCUT2D eigenvalue weighted by molar-refractivity contribution is 0.180. The third kappa shape index (κ3) is 5.09. The lowest BCUT2D eigenvalue weighted by Crippen LogP contribution is -2.48. The first-order chi connectivity index (χ1) is 18.9. The lowest BCUT2D eigenvalue weighted by atomic mass is 10.1. The van der Waals surface area contributed by atoms with Crippen LogP contribution in [0.1, 0.15) is 5.69 Å². The summed E-state index contributed by atoms with van der Waals surface area (Å²) in [5, 5.41) is 0.293. The van der Waals surface area contributed by atoms with Gasteiger partial charge in [0.1, 0.15) is 10.5 Å². The number of imidazole rings is 1. The highest BCUT2D eigenvalue weighted by Gasteiger charge is 2.31. The topological polar surface area (TPSA) is 57.9 Å². The third-order valence-electron chi connectivity index (χ3n) is 7.11. The maximum Gasteiger partial charge on any atom is 0.244 e. The number of fused-ring (bicyclic) bond motifs is 1. The Hall–Kier alpha value is -3.20. The van der Waals surface area contributed by atoms with E-state index in [1.54, 1.807) is 12.1 Å². The van der Waals surface area contributed by atoms with Crippen LogP contribution in [0.25, 0.3) is 28.0 Å². The van der Waals surface area contributed by atoms with E-state index in [4.69, 9.17) is 28.2 Å². The Bertz CT molecular complexity index is 1730. The van der Waals surface area contributed by atoms with Crippen LogP contribution in [-0.2, 0) is 16.6 Å². The monoisotopic (exact) mass is 576 g/mol. The van der Waals surface area contributed by atoms with Gasteiger partial charge in [0.15, 0.2) is 0 Å². The van der Waals surface area contributed by atoms with E-state index < -0.39 is 10.0 Å². The first kappa shape index (κ1) is 26.0. The maximum absolute atomic E-state index is 13.3. The number of benzene rings is 3. The van der Waals surface area contributed by atoms with Crippen LogP contribution in [0.2, 0.25) is 10.0 Å². The number of nitrogens with zero attached hydrogens (tertiary/aromatic N) is 4. The molecule has 3 heterocycles. The molecule has 1 aliphatic heterocycles. The maximum atomic E-state index is 13.3. The van der Waals surface area contributed by atoms with Gasteiger partial charge in [-0.1, -0.05) is 89.9 Å². The number of pyridine rings is 1. The summed E-state index contributed by atoms with van der Waals surface area (Å²) >= 11 is 12.3. The Balaban J connectivity index is 1.30. The van der Waals surface area contributed by atoms with Gasteiger partial charge in [-0.05, 0) is 35.4 Å². The fourth-order valence-corrected chi connectivity index (χ4v) is 7.19. The van der Waals surface area contributed by atoms with E-state index in [2.05, 4.69) is 51.9 Å². The molecule has 1 fully saturated rings. The van der Waals surface area contributed by atoms with Gasteiger partial charge in [-0.25, -0.2) is 13.4 Å². The first-order valence-corrected chi connectivity index (χ1v) is 14.9. The number of sulfonamides is 1. The van der Waals surface area contributed by atoms with Crippen molar-refractivity contribution in [1.29, 1.82) is 0 Å². The normalized spacial score (nSPS) is 15.1. The summed E-state index contributed by atoms with van der Waals surface area (Å²) in [5.74, 6) is 0. The zero-order valence-electron chi connectivity index (χ0n) is 21.0. The quantitative estimate of drug-likeness (QED) is 0.232. The van der Waals surface area contributed by atoms with Crippen LogP contribution in [0.3, 0.4) is 0 Å². The van der Waals surface area contributed by atoms with Gasteiger partial charge in [0.25, 0.3) is 0 Å². The molecule has 1 aliphatic rings. The van der Waals surface area contributed by atoms with E-state index in [9.17, 15) is 8.42 Å².